The molecule has 2 heterocycles. The summed E-state index contributed by atoms with van der Waals surface area (Å²) in [6.07, 6.45) is 1.24. The molecule has 1 aromatic carbocycles. The number of fused-ring (bicyclic) bond motifs is 1. The Morgan fingerprint density at radius 1 is 1.35 bits per heavy atom. The number of hydrogen-bond donors (Lipinski definition) is 1. The van der Waals surface area contributed by atoms with Gasteiger partial charge in [-0.2, -0.15) is 0 Å². The van der Waals surface area contributed by atoms with Gasteiger partial charge in [0.2, 0.25) is 6.79 Å². The summed E-state index contributed by atoms with van der Waals surface area (Å²) in [4.78, 5) is 25.9. The van der Waals surface area contributed by atoms with Gasteiger partial charge in [0.05, 0.1) is 6.61 Å². The second kappa shape index (κ2) is 6.76. The van der Waals surface area contributed by atoms with Crippen molar-refractivity contribution in [2.24, 2.45) is 0 Å². The summed E-state index contributed by atoms with van der Waals surface area (Å²) in [6, 6.07) is 5.10. The molecule has 0 aromatic heterocycles. The Balaban J connectivity index is 1.64. The highest BCUT2D eigenvalue weighted by atomic mass is 16.7. The summed E-state index contributed by atoms with van der Waals surface area (Å²) in [5.41, 5.74) is 0.561. The van der Waals surface area contributed by atoms with Crippen LogP contribution in [0.3, 0.4) is 0 Å². The summed E-state index contributed by atoms with van der Waals surface area (Å²) in [6.45, 7) is 3.43. The minimum absolute atomic E-state index is 0.0707. The Morgan fingerprint density at radius 3 is 3.00 bits per heavy atom. The molecule has 1 aromatic rings. The van der Waals surface area contributed by atoms with Gasteiger partial charge < -0.3 is 24.4 Å². The molecule has 2 amide bonds. The van der Waals surface area contributed by atoms with Gasteiger partial charge in [0.15, 0.2) is 11.5 Å². The zero-order valence-electron chi connectivity index (χ0n) is 13.0. The molecule has 2 aliphatic heterocycles. The van der Waals surface area contributed by atoms with Crippen molar-refractivity contribution in [2.45, 2.75) is 25.8 Å². The fourth-order valence-corrected chi connectivity index (χ4v) is 2.83. The predicted octanol–water partition coefficient (Wildman–Crippen LogP) is 1.77. The van der Waals surface area contributed by atoms with Crippen molar-refractivity contribution in [1.29, 1.82) is 0 Å². The first kappa shape index (κ1) is 15.5. The zero-order chi connectivity index (χ0) is 16.2. The van der Waals surface area contributed by atoms with E-state index in [-0.39, 0.29) is 18.7 Å². The molecule has 23 heavy (non-hydrogen) atoms. The lowest BCUT2D eigenvalue weighted by molar-refractivity contribution is 0.0686. The number of alkyl carbamates (subject to hydrolysis) is 1. The largest absolute Gasteiger partial charge is 0.454 e. The molecule has 1 fully saturated rings. The quantitative estimate of drug-likeness (QED) is 0.918. The Hall–Kier alpha value is -2.44. The molecule has 0 bridgehead atoms. The fourth-order valence-electron chi connectivity index (χ4n) is 2.83. The van der Waals surface area contributed by atoms with Crippen molar-refractivity contribution in [3.05, 3.63) is 23.8 Å². The highest BCUT2D eigenvalue weighted by Gasteiger charge is 2.27. The van der Waals surface area contributed by atoms with E-state index in [1.54, 1.807) is 30.0 Å². The van der Waals surface area contributed by atoms with Gasteiger partial charge in [0.25, 0.3) is 5.91 Å². The average molecular weight is 320 g/mol. The van der Waals surface area contributed by atoms with Crippen LogP contribution in [0.4, 0.5) is 4.79 Å². The van der Waals surface area contributed by atoms with Crippen molar-refractivity contribution in [2.75, 3.05) is 26.5 Å². The zero-order valence-corrected chi connectivity index (χ0v) is 13.0. The molecule has 1 unspecified atom stereocenters. The standard InChI is InChI=1S/C16H20N2O5/c1-2-21-16(20)17-12-4-3-7-18(9-12)15(19)11-5-6-13-14(8-11)23-10-22-13/h5-6,8,12H,2-4,7,9-10H2,1H3,(H,17,20). The lowest BCUT2D eigenvalue weighted by atomic mass is 10.0. The molecule has 2 aliphatic rings. The van der Waals surface area contributed by atoms with E-state index < -0.39 is 6.09 Å². The maximum atomic E-state index is 12.6. The van der Waals surface area contributed by atoms with Crippen molar-refractivity contribution >= 4 is 12.0 Å². The molecule has 1 saturated heterocycles. The number of nitrogens with one attached hydrogen (secondary N) is 1. The van der Waals surface area contributed by atoms with Gasteiger partial charge in [-0.05, 0) is 38.0 Å². The number of hydrogen-bond acceptors (Lipinski definition) is 5. The molecule has 7 heteroatoms. The second-order valence-corrected chi connectivity index (χ2v) is 5.52. The number of rotatable bonds is 3. The number of ether oxygens (including phenoxy) is 3. The number of carbonyl (C=O) groups is 2. The number of benzene rings is 1. The molecule has 0 saturated carbocycles. The van der Waals surface area contributed by atoms with Gasteiger partial charge in [0, 0.05) is 24.7 Å². The third kappa shape index (κ3) is 3.49. The Bertz CT molecular complexity index is 604. The van der Waals surface area contributed by atoms with Crippen LogP contribution in [-0.2, 0) is 4.74 Å². The van der Waals surface area contributed by atoms with Crippen LogP contribution in [0.15, 0.2) is 18.2 Å². The van der Waals surface area contributed by atoms with Crippen LogP contribution in [0.25, 0.3) is 0 Å². The lowest BCUT2D eigenvalue weighted by Crippen LogP contribution is -2.49. The molecular weight excluding hydrogens is 300 g/mol. The van der Waals surface area contributed by atoms with Crippen LogP contribution in [0.2, 0.25) is 0 Å². The van der Waals surface area contributed by atoms with Crippen molar-refractivity contribution in [1.82, 2.24) is 10.2 Å². The van der Waals surface area contributed by atoms with E-state index in [4.69, 9.17) is 14.2 Å². The first-order valence-corrected chi connectivity index (χ1v) is 7.79. The maximum absolute atomic E-state index is 12.6. The summed E-state index contributed by atoms with van der Waals surface area (Å²) in [7, 11) is 0. The average Bonchev–Trinajstić information content (AvgIpc) is 3.02. The van der Waals surface area contributed by atoms with Gasteiger partial charge in [-0.15, -0.1) is 0 Å². The second-order valence-electron chi connectivity index (χ2n) is 5.52. The Kier molecular flexibility index (Phi) is 4.55. The summed E-state index contributed by atoms with van der Waals surface area (Å²) >= 11 is 0. The van der Waals surface area contributed by atoms with Gasteiger partial charge in [-0.25, -0.2) is 4.79 Å². The number of piperidine rings is 1. The van der Waals surface area contributed by atoms with Gasteiger partial charge in [-0.1, -0.05) is 0 Å². The fraction of sp³-hybridized carbons (Fsp3) is 0.500. The lowest BCUT2D eigenvalue weighted by Gasteiger charge is -2.33. The third-order valence-electron chi connectivity index (χ3n) is 3.93. The molecule has 0 aliphatic carbocycles. The number of likely N-dealkylation sites (tertiary alicyclic amines) is 1. The van der Waals surface area contributed by atoms with Crippen LogP contribution in [-0.4, -0.2) is 49.4 Å². The molecule has 124 valence electrons. The Labute approximate surface area is 134 Å². The van der Waals surface area contributed by atoms with E-state index >= 15 is 0 Å². The summed E-state index contributed by atoms with van der Waals surface area (Å²) < 4.78 is 15.5. The summed E-state index contributed by atoms with van der Waals surface area (Å²) in [5.74, 6) is 1.18. The normalized spacial score (nSPS) is 19.3. The first-order valence-electron chi connectivity index (χ1n) is 7.79. The van der Waals surface area contributed by atoms with Crippen LogP contribution < -0.4 is 14.8 Å². The number of nitrogens with zero attached hydrogens (tertiary/aromatic N) is 1. The smallest absolute Gasteiger partial charge is 0.407 e. The predicted molar refractivity (Wildman–Crippen MR) is 81.6 cm³/mol. The van der Waals surface area contributed by atoms with E-state index in [0.29, 0.717) is 36.8 Å². The molecular formula is C16H20N2O5. The first-order chi connectivity index (χ1) is 11.2. The van der Waals surface area contributed by atoms with Crippen molar-refractivity contribution in [3.63, 3.8) is 0 Å². The number of carbonyl (C=O) groups excluding carboxylic acids is 2. The highest BCUT2D eigenvalue weighted by molar-refractivity contribution is 5.95. The van der Waals surface area contributed by atoms with Crippen LogP contribution in [0.5, 0.6) is 11.5 Å². The van der Waals surface area contributed by atoms with Crippen LogP contribution >= 0.6 is 0 Å². The maximum Gasteiger partial charge on any atom is 0.407 e. The molecule has 1 N–H and O–H groups in total. The highest BCUT2D eigenvalue weighted by Crippen LogP contribution is 2.33. The van der Waals surface area contributed by atoms with E-state index in [1.165, 1.54) is 0 Å². The number of amides is 2. The minimum atomic E-state index is -0.435. The van der Waals surface area contributed by atoms with E-state index in [9.17, 15) is 9.59 Å². The van der Waals surface area contributed by atoms with E-state index in [1.807, 2.05) is 0 Å². The summed E-state index contributed by atoms with van der Waals surface area (Å²) in [5, 5.41) is 2.80. The monoisotopic (exact) mass is 320 g/mol. The molecule has 7 nitrogen and oxygen atoms in total. The van der Waals surface area contributed by atoms with Crippen LogP contribution in [0, 0.1) is 0 Å². The topological polar surface area (TPSA) is 77.1 Å². The minimum Gasteiger partial charge on any atom is -0.454 e. The molecule has 1 atom stereocenters. The van der Waals surface area contributed by atoms with Gasteiger partial charge in [-0.3, -0.25) is 4.79 Å². The van der Waals surface area contributed by atoms with Crippen molar-refractivity contribution < 1.29 is 23.8 Å². The SMILES string of the molecule is CCOC(=O)NC1CCCN(C(=O)c2ccc3c(c2)OCO3)C1. The molecule has 0 spiro atoms. The molecule has 3 rings (SSSR count). The van der Waals surface area contributed by atoms with Crippen LogP contribution in [0.1, 0.15) is 30.1 Å². The van der Waals surface area contributed by atoms with Crippen molar-refractivity contribution in [3.8, 4) is 11.5 Å². The van der Waals surface area contributed by atoms with E-state index in [2.05, 4.69) is 5.32 Å². The van der Waals surface area contributed by atoms with E-state index in [0.717, 1.165) is 12.8 Å². The van der Waals surface area contributed by atoms with Gasteiger partial charge in [0.1, 0.15) is 0 Å². The third-order valence-corrected chi connectivity index (χ3v) is 3.93. The Morgan fingerprint density at radius 2 is 2.17 bits per heavy atom. The van der Waals surface area contributed by atoms with Gasteiger partial charge >= 0.3 is 6.09 Å². The molecule has 0 radical (unpaired) electrons.